The third-order valence-electron chi connectivity index (χ3n) is 1.94. The van der Waals surface area contributed by atoms with E-state index in [1.807, 2.05) is 18.2 Å². The number of thioether (sulfide) groups is 1. The third kappa shape index (κ3) is 5.37. The molecule has 0 heterocycles. The van der Waals surface area contributed by atoms with Gasteiger partial charge in [0.05, 0.1) is 17.5 Å². The zero-order valence-corrected chi connectivity index (χ0v) is 10.0. The normalized spacial score (nSPS) is 11.8. The monoisotopic (exact) mass is 254 g/mol. The summed E-state index contributed by atoms with van der Waals surface area (Å²) in [5.74, 6) is -0.883. The van der Waals surface area contributed by atoms with E-state index < -0.39 is 12.0 Å². The van der Waals surface area contributed by atoms with Gasteiger partial charge in [-0.25, -0.2) is 0 Å². The smallest absolute Gasteiger partial charge is 0.234 e. The highest BCUT2D eigenvalue weighted by Gasteiger charge is 2.09. The Balaban J connectivity index is 2.25. The van der Waals surface area contributed by atoms with E-state index in [0.717, 1.165) is 5.69 Å². The van der Waals surface area contributed by atoms with Crippen molar-refractivity contribution in [2.75, 3.05) is 16.8 Å². The minimum atomic E-state index is -1.19. The number of para-hydroxylation sites is 1. The molecular weight excluding hydrogens is 240 g/mol. The minimum Gasteiger partial charge on any atom is -0.544 e. The van der Waals surface area contributed by atoms with Gasteiger partial charge in [-0.2, -0.15) is 0 Å². The van der Waals surface area contributed by atoms with Crippen LogP contribution < -0.4 is 16.2 Å². The molecule has 1 aromatic rings. The van der Waals surface area contributed by atoms with Gasteiger partial charge < -0.3 is 21.0 Å². The molecule has 0 fully saturated rings. The number of quaternary nitrogens is 1. The van der Waals surface area contributed by atoms with E-state index >= 15 is 0 Å². The van der Waals surface area contributed by atoms with Gasteiger partial charge in [-0.15, -0.1) is 11.8 Å². The van der Waals surface area contributed by atoms with Crippen molar-refractivity contribution in [1.29, 1.82) is 0 Å². The lowest BCUT2D eigenvalue weighted by atomic mass is 10.3. The lowest BCUT2D eigenvalue weighted by Crippen LogP contribution is -2.69. The van der Waals surface area contributed by atoms with E-state index in [2.05, 4.69) is 11.1 Å². The van der Waals surface area contributed by atoms with Crippen LogP contribution in [-0.2, 0) is 9.59 Å². The van der Waals surface area contributed by atoms with E-state index in [1.54, 1.807) is 12.1 Å². The molecule has 1 amide bonds. The van der Waals surface area contributed by atoms with Gasteiger partial charge in [0.15, 0.2) is 0 Å². The van der Waals surface area contributed by atoms with Gasteiger partial charge in [-0.3, -0.25) is 4.79 Å². The van der Waals surface area contributed by atoms with Crippen LogP contribution in [0.2, 0.25) is 0 Å². The molecule has 0 saturated heterocycles. The molecule has 17 heavy (non-hydrogen) atoms. The first kappa shape index (κ1) is 13.5. The van der Waals surface area contributed by atoms with Crippen molar-refractivity contribution in [3.63, 3.8) is 0 Å². The molecule has 1 rings (SSSR count). The van der Waals surface area contributed by atoms with Gasteiger partial charge in [0.1, 0.15) is 6.04 Å². The SMILES string of the molecule is [NH3+][C@@H](CSCC(=O)Nc1ccccc1)C(=O)[O-]. The summed E-state index contributed by atoms with van der Waals surface area (Å²) in [6.07, 6.45) is 0. The summed E-state index contributed by atoms with van der Waals surface area (Å²) in [5, 5.41) is 13.1. The Morgan fingerprint density at radius 2 is 2.00 bits per heavy atom. The van der Waals surface area contributed by atoms with E-state index in [9.17, 15) is 14.7 Å². The first-order valence-corrected chi connectivity index (χ1v) is 6.21. The van der Waals surface area contributed by atoms with Gasteiger partial charge in [-0.1, -0.05) is 18.2 Å². The molecule has 0 spiro atoms. The van der Waals surface area contributed by atoms with Crippen molar-refractivity contribution >= 4 is 29.3 Å². The van der Waals surface area contributed by atoms with Crippen LogP contribution in [0.25, 0.3) is 0 Å². The van der Waals surface area contributed by atoms with Gasteiger partial charge in [0.25, 0.3) is 0 Å². The zero-order chi connectivity index (χ0) is 12.7. The number of nitrogens with one attached hydrogen (secondary N) is 1. The molecule has 0 aliphatic carbocycles. The number of benzene rings is 1. The number of carbonyl (C=O) groups excluding carboxylic acids is 2. The molecule has 0 radical (unpaired) electrons. The maximum absolute atomic E-state index is 11.4. The predicted molar refractivity (Wildman–Crippen MR) is 64.1 cm³/mol. The quantitative estimate of drug-likeness (QED) is 0.660. The van der Waals surface area contributed by atoms with Crippen LogP contribution in [0.5, 0.6) is 0 Å². The highest BCUT2D eigenvalue weighted by molar-refractivity contribution is 8.00. The number of rotatable bonds is 6. The van der Waals surface area contributed by atoms with Crippen molar-refractivity contribution in [3.8, 4) is 0 Å². The maximum atomic E-state index is 11.4. The molecule has 4 N–H and O–H groups in total. The van der Waals surface area contributed by atoms with Crippen LogP contribution in [0.15, 0.2) is 30.3 Å². The van der Waals surface area contributed by atoms with E-state index in [0.29, 0.717) is 0 Å². The number of hydrogen-bond acceptors (Lipinski definition) is 4. The number of anilines is 1. The van der Waals surface area contributed by atoms with E-state index in [1.165, 1.54) is 11.8 Å². The van der Waals surface area contributed by atoms with Crippen LogP contribution in [0.1, 0.15) is 0 Å². The Labute approximate surface area is 103 Å². The minimum absolute atomic E-state index is 0.160. The Hall–Kier alpha value is -1.53. The average Bonchev–Trinajstić information content (AvgIpc) is 2.30. The number of amides is 1. The second-order valence-electron chi connectivity index (χ2n) is 3.45. The van der Waals surface area contributed by atoms with Crippen LogP contribution in [0.4, 0.5) is 5.69 Å². The molecule has 0 saturated carbocycles. The topological polar surface area (TPSA) is 96.9 Å². The molecule has 92 valence electrons. The molecular formula is C11H14N2O3S. The fourth-order valence-electron chi connectivity index (χ4n) is 1.08. The third-order valence-corrected chi connectivity index (χ3v) is 3.05. The standard InChI is InChI=1S/C11H14N2O3S/c12-9(11(15)16)6-17-7-10(14)13-8-4-2-1-3-5-8/h1-5,9H,6-7,12H2,(H,13,14)(H,15,16)/t9-/m0/s1. The first-order chi connectivity index (χ1) is 8.09. The number of carboxylic acids is 1. The predicted octanol–water partition coefficient (Wildman–Crippen LogP) is -1.28. The van der Waals surface area contributed by atoms with Gasteiger partial charge in [0, 0.05) is 5.69 Å². The largest absolute Gasteiger partial charge is 0.544 e. The fourth-order valence-corrected chi connectivity index (χ4v) is 1.88. The highest BCUT2D eigenvalue weighted by Crippen LogP contribution is 2.07. The van der Waals surface area contributed by atoms with Crippen LogP contribution >= 0.6 is 11.8 Å². The van der Waals surface area contributed by atoms with E-state index in [4.69, 9.17) is 0 Å². The van der Waals surface area contributed by atoms with Gasteiger partial charge >= 0.3 is 0 Å². The fraction of sp³-hybridized carbons (Fsp3) is 0.273. The lowest BCUT2D eigenvalue weighted by molar-refractivity contribution is -0.431. The van der Waals surface area contributed by atoms with Crippen molar-refractivity contribution < 1.29 is 20.4 Å². The number of carboxylic acid groups (broad SMARTS) is 1. The molecule has 0 bridgehead atoms. The molecule has 0 unspecified atom stereocenters. The number of aliphatic carboxylic acids is 1. The first-order valence-electron chi connectivity index (χ1n) is 5.06. The summed E-state index contributed by atoms with van der Waals surface area (Å²) in [6.45, 7) is 0. The molecule has 5 nitrogen and oxygen atoms in total. The van der Waals surface area contributed by atoms with Crippen molar-refractivity contribution in [2.24, 2.45) is 0 Å². The molecule has 0 aliphatic rings. The summed E-state index contributed by atoms with van der Waals surface area (Å²) < 4.78 is 0. The van der Waals surface area contributed by atoms with Crippen molar-refractivity contribution in [2.45, 2.75) is 6.04 Å². The zero-order valence-electron chi connectivity index (χ0n) is 9.22. The average molecular weight is 254 g/mol. The van der Waals surface area contributed by atoms with Gasteiger partial charge in [0.2, 0.25) is 5.91 Å². The summed E-state index contributed by atoms with van der Waals surface area (Å²) in [7, 11) is 0. The Bertz CT molecular complexity index is 384. The Morgan fingerprint density at radius 3 is 2.59 bits per heavy atom. The molecule has 0 aromatic heterocycles. The van der Waals surface area contributed by atoms with Crippen LogP contribution in [0, 0.1) is 0 Å². The summed E-state index contributed by atoms with van der Waals surface area (Å²) in [4.78, 5) is 21.8. The maximum Gasteiger partial charge on any atom is 0.234 e. The van der Waals surface area contributed by atoms with E-state index in [-0.39, 0.29) is 17.4 Å². The number of hydrogen-bond donors (Lipinski definition) is 2. The van der Waals surface area contributed by atoms with Gasteiger partial charge in [-0.05, 0) is 12.1 Å². The van der Waals surface area contributed by atoms with Crippen molar-refractivity contribution in [3.05, 3.63) is 30.3 Å². The second-order valence-corrected chi connectivity index (χ2v) is 4.48. The lowest BCUT2D eigenvalue weighted by Gasteiger charge is -2.08. The molecule has 0 aliphatic heterocycles. The van der Waals surface area contributed by atoms with Crippen molar-refractivity contribution in [1.82, 2.24) is 0 Å². The summed E-state index contributed by atoms with van der Waals surface area (Å²) in [6, 6.07) is 8.29. The van der Waals surface area contributed by atoms with Crippen LogP contribution in [0.3, 0.4) is 0 Å². The molecule has 6 heteroatoms. The Morgan fingerprint density at radius 1 is 1.35 bits per heavy atom. The molecule has 1 aromatic carbocycles. The highest BCUT2D eigenvalue weighted by atomic mass is 32.2. The second kappa shape index (κ2) is 6.93. The molecule has 1 atom stereocenters. The summed E-state index contributed by atoms with van der Waals surface area (Å²) in [5.41, 5.74) is 4.13. The number of carbonyl (C=O) groups is 2. The van der Waals surface area contributed by atoms with Crippen LogP contribution in [-0.4, -0.2) is 29.4 Å². The Kier molecular flexibility index (Phi) is 5.51. The summed E-state index contributed by atoms with van der Waals surface area (Å²) >= 11 is 1.22.